The molecule has 0 spiro atoms. The van der Waals surface area contributed by atoms with Crippen molar-refractivity contribution in [3.8, 4) is 0 Å². The second kappa shape index (κ2) is 2.63. The third-order valence-electron chi connectivity index (χ3n) is 1.88. The lowest BCUT2D eigenvalue weighted by atomic mass is 10.1. The molecular formula is C8H11N5O. The van der Waals surface area contributed by atoms with E-state index in [4.69, 9.17) is 0 Å². The number of aromatic amines is 1. The Morgan fingerprint density at radius 3 is 2.79 bits per heavy atom. The minimum Gasteiger partial charge on any atom is -0.311 e. The Labute approximate surface area is 80.0 Å². The lowest BCUT2D eigenvalue weighted by Gasteiger charge is -2.17. The molecule has 2 aromatic rings. The smallest absolute Gasteiger partial charge is 0.280 e. The van der Waals surface area contributed by atoms with Gasteiger partial charge in [-0.2, -0.15) is 0 Å². The van der Waals surface area contributed by atoms with Crippen LogP contribution in [0.2, 0.25) is 0 Å². The lowest BCUT2D eigenvalue weighted by molar-refractivity contribution is 0.356. The number of hydrogen-bond donors (Lipinski definition) is 1. The molecule has 0 radical (unpaired) electrons. The Morgan fingerprint density at radius 1 is 1.43 bits per heavy atom. The van der Waals surface area contributed by atoms with E-state index in [1.807, 2.05) is 20.8 Å². The summed E-state index contributed by atoms with van der Waals surface area (Å²) in [6.45, 7) is 5.93. The van der Waals surface area contributed by atoms with Crippen LogP contribution in [0.15, 0.2) is 11.1 Å². The van der Waals surface area contributed by atoms with Crippen LogP contribution in [0.4, 0.5) is 0 Å². The summed E-state index contributed by atoms with van der Waals surface area (Å²) in [6.07, 6.45) is 1.36. The highest BCUT2D eigenvalue weighted by molar-refractivity contribution is 5.67. The van der Waals surface area contributed by atoms with E-state index < -0.39 is 0 Å². The van der Waals surface area contributed by atoms with Gasteiger partial charge in [0.1, 0.15) is 0 Å². The Bertz CT molecular complexity index is 518. The zero-order valence-corrected chi connectivity index (χ0v) is 8.27. The summed E-state index contributed by atoms with van der Waals surface area (Å²) in [7, 11) is 0. The van der Waals surface area contributed by atoms with Crippen molar-refractivity contribution in [1.29, 1.82) is 0 Å². The third kappa shape index (κ3) is 1.19. The van der Waals surface area contributed by atoms with Gasteiger partial charge in [-0.3, -0.25) is 4.79 Å². The summed E-state index contributed by atoms with van der Waals surface area (Å²) in [5.74, 6) is 0. The second-order valence-electron chi connectivity index (χ2n) is 4.08. The van der Waals surface area contributed by atoms with E-state index in [9.17, 15) is 4.79 Å². The van der Waals surface area contributed by atoms with Crippen molar-refractivity contribution in [2.75, 3.05) is 0 Å². The molecule has 6 nitrogen and oxygen atoms in total. The summed E-state index contributed by atoms with van der Waals surface area (Å²) < 4.78 is 1.64. The normalized spacial score (nSPS) is 12.2. The highest BCUT2D eigenvalue weighted by atomic mass is 16.1. The van der Waals surface area contributed by atoms with Crippen LogP contribution < -0.4 is 5.56 Å². The molecule has 2 heterocycles. The van der Waals surface area contributed by atoms with Crippen LogP contribution in [0.25, 0.3) is 11.2 Å². The number of hydrogen-bond acceptors (Lipinski definition) is 4. The Hall–Kier alpha value is -1.72. The third-order valence-corrected chi connectivity index (χ3v) is 1.88. The number of nitrogens with zero attached hydrogens (tertiary/aromatic N) is 4. The van der Waals surface area contributed by atoms with Crippen LogP contribution in [0.3, 0.4) is 0 Å². The van der Waals surface area contributed by atoms with Crippen LogP contribution in [-0.4, -0.2) is 25.0 Å². The fourth-order valence-electron chi connectivity index (χ4n) is 1.21. The number of nitrogens with one attached hydrogen (secondary N) is 1. The predicted octanol–water partition coefficient (Wildman–Crippen LogP) is 0.270. The molecule has 0 saturated heterocycles. The molecule has 0 aliphatic rings. The zero-order chi connectivity index (χ0) is 10.3. The molecule has 74 valence electrons. The summed E-state index contributed by atoms with van der Waals surface area (Å²) >= 11 is 0. The molecule has 0 bridgehead atoms. The topological polar surface area (TPSA) is 76.5 Å². The molecule has 0 fully saturated rings. The first-order valence-corrected chi connectivity index (χ1v) is 4.30. The summed E-state index contributed by atoms with van der Waals surface area (Å²) in [5.41, 5.74) is 0.310. The van der Waals surface area contributed by atoms with Crippen molar-refractivity contribution in [2.24, 2.45) is 0 Å². The van der Waals surface area contributed by atoms with Crippen molar-refractivity contribution in [3.63, 3.8) is 0 Å². The summed E-state index contributed by atoms with van der Waals surface area (Å²) in [4.78, 5) is 17.8. The quantitative estimate of drug-likeness (QED) is 0.651. The second-order valence-corrected chi connectivity index (χ2v) is 4.08. The molecule has 2 rings (SSSR count). The number of rotatable bonds is 0. The van der Waals surface area contributed by atoms with Crippen LogP contribution in [0, 0.1) is 0 Å². The van der Waals surface area contributed by atoms with Gasteiger partial charge in [0, 0.05) is 0 Å². The van der Waals surface area contributed by atoms with Crippen molar-refractivity contribution >= 4 is 11.2 Å². The molecule has 0 amide bonds. The van der Waals surface area contributed by atoms with Crippen molar-refractivity contribution in [1.82, 2.24) is 25.0 Å². The maximum absolute atomic E-state index is 11.3. The van der Waals surface area contributed by atoms with Crippen LogP contribution in [0.1, 0.15) is 20.8 Å². The highest BCUT2D eigenvalue weighted by Crippen LogP contribution is 2.15. The van der Waals surface area contributed by atoms with Crippen LogP contribution in [0.5, 0.6) is 0 Å². The first-order valence-electron chi connectivity index (χ1n) is 4.30. The number of aromatic nitrogens is 5. The molecule has 14 heavy (non-hydrogen) atoms. The van der Waals surface area contributed by atoms with Crippen molar-refractivity contribution < 1.29 is 0 Å². The monoisotopic (exact) mass is 193 g/mol. The first kappa shape index (κ1) is 8.86. The van der Waals surface area contributed by atoms with Gasteiger partial charge in [0.25, 0.3) is 5.56 Å². The lowest BCUT2D eigenvalue weighted by Crippen LogP contribution is -2.23. The largest absolute Gasteiger partial charge is 0.311 e. The van der Waals surface area contributed by atoms with E-state index in [0.29, 0.717) is 5.65 Å². The minimum atomic E-state index is -0.259. The zero-order valence-electron chi connectivity index (χ0n) is 8.27. The number of H-pyrrole nitrogens is 1. The molecule has 1 N–H and O–H groups in total. The first-order chi connectivity index (χ1) is 6.50. The Kier molecular flexibility index (Phi) is 1.67. The molecule has 0 aliphatic carbocycles. The standard InChI is InChI=1S/C8H11N5O/c1-8(2,3)13-6-5(11-12-13)7(14)10-4-9-6/h4H,1-3H3,(H,9,10,14). The maximum atomic E-state index is 11.3. The Balaban J connectivity index is 2.83. The fraction of sp³-hybridized carbons (Fsp3) is 0.500. The van der Waals surface area contributed by atoms with Gasteiger partial charge in [-0.05, 0) is 20.8 Å². The van der Waals surface area contributed by atoms with Gasteiger partial charge in [-0.25, -0.2) is 9.67 Å². The van der Waals surface area contributed by atoms with E-state index in [-0.39, 0.29) is 16.6 Å². The van der Waals surface area contributed by atoms with E-state index in [1.54, 1.807) is 4.68 Å². The molecule has 6 heteroatoms. The fourth-order valence-corrected chi connectivity index (χ4v) is 1.21. The molecule has 2 aromatic heterocycles. The summed E-state index contributed by atoms with van der Waals surface area (Å²) in [6, 6.07) is 0. The molecule has 0 aliphatic heterocycles. The highest BCUT2D eigenvalue weighted by Gasteiger charge is 2.19. The van der Waals surface area contributed by atoms with Crippen LogP contribution >= 0.6 is 0 Å². The van der Waals surface area contributed by atoms with E-state index in [0.717, 1.165) is 0 Å². The molecule has 0 unspecified atom stereocenters. The predicted molar refractivity (Wildman–Crippen MR) is 50.9 cm³/mol. The molecule has 0 saturated carbocycles. The molecule has 0 aromatic carbocycles. The SMILES string of the molecule is CC(C)(C)n1nnc2c(=O)[nH]cnc21. The van der Waals surface area contributed by atoms with Gasteiger partial charge >= 0.3 is 0 Å². The Morgan fingerprint density at radius 2 is 2.14 bits per heavy atom. The van der Waals surface area contributed by atoms with E-state index in [2.05, 4.69) is 20.3 Å². The summed E-state index contributed by atoms with van der Waals surface area (Å²) in [5, 5.41) is 7.70. The van der Waals surface area contributed by atoms with E-state index >= 15 is 0 Å². The number of fused-ring (bicyclic) bond motifs is 1. The van der Waals surface area contributed by atoms with Gasteiger partial charge in [-0.1, -0.05) is 5.21 Å². The average molecular weight is 193 g/mol. The van der Waals surface area contributed by atoms with Gasteiger partial charge in [0.2, 0.25) is 0 Å². The van der Waals surface area contributed by atoms with Gasteiger partial charge < -0.3 is 4.98 Å². The minimum absolute atomic E-state index is 0.227. The van der Waals surface area contributed by atoms with Crippen molar-refractivity contribution in [2.45, 2.75) is 26.3 Å². The van der Waals surface area contributed by atoms with Gasteiger partial charge in [0.15, 0.2) is 11.2 Å². The van der Waals surface area contributed by atoms with Gasteiger partial charge in [0.05, 0.1) is 11.9 Å². The van der Waals surface area contributed by atoms with Gasteiger partial charge in [-0.15, -0.1) is 5.10 Å². The van der Waals surface area contributed by atoms with E-state index in [1.165, 1.54) is 6.33 Å². The van der Waals surface area contributed by atoms with Crippen molar-refractivity contribution in [3.05, 3.63) is 16.7 Å². The maximum Gasteiger partial charge on any atom is 0.280 e. The van der Waals surface area contributed by atoms with Crippen LogP contribution in [-0.2, 0) is 5.54 Å². The molecular weight excluding hydrogens is 182 g/mol. The molecule has 0 atom stereocenters. The average Bonchev–Trinajstić information content (AvgIpc) is 2.47.